The van der Waals surface area contributed by atoms with Crippen LogP contribution in [0, 0.1) is 0 Å². The maximum atomic E-state index is 11.9. The smallest absolute Gasteiger partial charge is 0.251 e. The number of benzene rings is 1. The summed E-state index contributed by atoms with van der Waals surface area (Å²) in [6.07, 6.45) is 1.09. The van der Waals surface area contributed by atoms with E-state index in [4.69, 9.17) is 15.2 Å². The van der Waals surface area contributed by atoms with Gasteiger partial charge in [0.25, 0.3) is 5.91 Å². The molecule has 1 fully saturated rings. The highest BCUT2D eigenvalue weighted by Gasteiger charge is 2.31. The summed E-state index contributed by atoms with van der Waals surface area (Å²) >= 11 is 0. The van der Waals surface area contributed by atoms with Gasteiger partial charge < -0.3 is 25.4 Å². The SMILES string of the molecule is COCc1ccccc1NC(N)=NCC1CCC(C(=O)N(C)C)O1.I. The first-order valence-electron chi connectivity index (χ1n) is 8.01. The van der Waals surface area contributed by atoms with E-state index in [-0.39, 0.29) is 42.1 Å². The van der Waals surface area contributed by atoms with Crippen LogP contribution in [0.3, 0.4) is 0 Å². The van der Waals surface area contributed by atoms with Gasteiger partial charge in [-0.1, -0.05) is 18.2 Å². The van der Waals surface area contributed by atoms with Crippen molar-refractivity contribution in [2.24, 2.45) is 10.7 Å². The second-order valence-corrected chi connectivity index (χ2v) is 6.00. The van der Waals surface area contributed by atoms with Gasteiger partial charge in [-0.3, -0.25) is 9.79 Å². The van der Waals surface area contributed by atoms with E-state index in [2.05, 4.69) is 10.3 Å². The van der Waals surface area contributed by atoms with E-state index >= 15 is 0 Å². The maximum Gasteiger partial charge on any atom is 0.251 e. The molecule has 1 aromatic rings. The van der Waals surface area contributed by atoms with Crippen LogP contribution in [-0.2, 0) is 20.9 Å². The molecule has 0 bridgehead atoms. The van der Waals surface area contributed by atoms with E-state index < -0.39 is 0 Å². The van der Waals surface area contributed by atoms with Gasteiger partial charge in [-0.05, 0) is 18.9 Å². The topological polar surface area (TPSA) is 89.2 Å². The fraction of sp³-hybridized carbons (Fsp3) is 0.529. The Balaban J connectivity index is 0.00000312. The number of halogens is 1. The molecule has 1 aliphatic rings. The molecule has 3 N–H and O–H groups in total. The number of nitrogens with two attached hydrogens (primary N) is 1. The summed E-state index contributed by atoms with van der Waals surface area (Å²) in [5.74, 6) is 0.325. The van der Waals surface area contributed by atoms with Crippen molar-refractivity contribution in [1.29, 1.82) is 0 Å². The van der Waals surface area contributed by atoms with Gasteiger partial charge in [0.1, 0.15) is 6.10 Å². The lowest BCUT2D eigenvalue weighted by atomic mass is 10.2. The van der Waals surface area contributed by atoms with Crippen LogP contribution in [0.15, 0.2) is 29.3 Å². The Morgan fingerprint density at radius 1 is 1.40 bits per heavy atom. The van der Waals surface area contributed by atoms with Crippen molar-refractivity contribution in [3.05, 3.63) is 29.8 Å². The van der Waals surface area contributed by atoms with Crippen molar-refractivity contribution >= 4 is 41.5 Å². The molecule has 0 spiro atoms. The van der Waals surface area contributed by atoms with Crippen molar-refractivity contribution in [3.8, 4) is 0 Å². The van der Waals surface area contributed by atoms with Crippen LogP contribution in [-0.4, -0.2) is 56.7 Å². The van der Waals surface area contributed by atoms with E-state index in [1.54, 1.807) is 26.1 Å². The molecule has 1 amide bonds. The van der Waals surface area contributed by atoms with Crippen molar-refractivity contribution in [1.82, 2.24) is 4.90 Å². The Labute approximate surface area is 166 Å². The summed E-state index contributed by atoms with van der Waals surface area (Å²) in [6.45, 7) is 0.930. The highest BCUT2D eigenvalue weighted by molar-refractivity contribution is 14.0. The lowest BCUT2D eigenvalue weighted by Gasteiger charge is -2.16. The van der Waals surface area contributed by atoms with Crippen LogP contribution in [0.1, 0.15) is 18.4 Å². The molecule has 1 aliphatic heterocycles. The van der Waals surface area contributed by atoms with Crippen molar-refractivity contribution < 1.29 is 14.3 Å². The van der Waals surface area contributed by atoms with Gasteiger partial charge in [0.15, 0.2) is 5.96 Å². The van der Waals surface area contributed by atoms with Crippen LogP contribution < -0.4 is 11.1 Å². The van der Waals surface area contributed by atoms with Crippen LogP contribution in [0.2, 0.25) is 0 Å². The van der Waals surface area contributed by atoms with E-state index in [0.29, 0.717) is 19.1 Å². The fourth-order valence-electron chi connectivity index (χ4n) is 2.61. The Morgan fingerprint density at radius 3 is 2.80 bits per heavy atom. The number of guanidine groups is 1. The molecule has 2 atom stereocenters. The number of anilines is 1. The van der Waals surface area contributed by atoms with Gasteiger partial charge in [0.05, 0.1) is 19.3 Å². The second kappa shape index (κ2) is 10.6. The normalized spacial score (nSPS) is 20.0. The molecule has 140 valence electrons. The largest absolute Gasteiger partial charge is 0.380 e. The zero-order valence-corrected chi connectivity index (χ0v) is 17.2. The minimum absolute atomic E-state index is 0. The summed E-state index contributed by atoms with van der Waals surface area (Å²) in [5, 5.41) is 3.09. The molecule has 2 unspecified atom stereocenters. The second-order valence-electron chi connectivity index (χ2n) is 6.00. The number of rotatable bonds is 6. The Hall–Kier alpha value is -1.39. The average Bonchev–Trinajstić information content (AvgIpc) is 3.03. The monoisotopic (exact) mass is 462 g/mol. The van der Waals surface area contributed by atoms with E-state index in [0.717, 1.165) is 24.1 Å². The van der Waals surface area contributed by atoms with Crippen LogP contribution in [0.4, 0.5) is 5.69 Å². The number of aliphatic imine (C=N–C) groups is 1. The third kappa shape index (κ3) is 6.44. The zero-order chi connectivity index (χ0) is 17.5. The minimum atomic E-state index is -0.364. The standard InChI is InChI=1S/C17H26N4O3.HI/c1-21(2)16(22)15-9-8-13(24-15)10-19-17(18)20-14-7-5-4-6-12(14)11-23-3;/h4-7,13,15H,8-11H2,1-3H3,(H3,18,19,20);1H. The molecule has 8 heteroatoms. The number of nitrogens with one attached hydrogen (secondary N) is 1. The molecule has 0 aliphatic carbocycles. The minimum Gasteiger partial charge on any atom is -0.380 e. The summed E-state index contributed by atoms with van der Waals surface area (Å²) in [5.41, 5.74) is 7.83. The number of para-hydroxylation sites is 1. The Morgan fingerprint density at radius 2 is 2.12 bits per heavy atom. The number of methoxy groups -OCH3 is 1. The third-order valence-electron chi connectivity index (χ3n) is 3.87. The number of carbonyl (C=O) groups excluding carboxylic acids is 1. The zero-order valence-electron chi connectivity index (χ0n) is 14.9. The van der Waals surface area contributed by atoms with Crippen molar-refractivity contribution in [2.75, 3.05) is 33.1 Å². The first kappa shape index (κ1) is 21.7. The maximum absolute atomic E-state index is 11.9. The summed E-state index contributed by atoms with van der Waals surface area (Å²) < 4.78 is 10.9. The van der Waals surface area contributed by atoms with E-state index in [1.165, 1.54) is 0 Å². The first-order chi connectivity index (χ1) is 11.5. The molecule has 25 heavy (non-hydrogen) atoms. The summed E-state index contributed by atoms with van der Waals surface area (Å²) in [6, 6.07) is 7.76. The van der Waals surface area contributed by atoms with Crippen molar-refractivity contribution in [2.45, 2.75) is 31.7 Å². The van der Waals surface area contributed by atoms with E-state index in [9.17, 15) is 4.79 Å². The van der Waals surface area contributed by atoms with Crippen LogP contribution in [0.5, 0.6) is 0 Å². The number of hydrogen-bond acceptors (Lipinski definition) is 4. The van der Waals surface area contributed by atoms with Gasteiger partial charge in [-0.25, -0.2) is 0 Å². The van der Waals surface area contributed by atoms with Gasteiger partial charge in [-0.15, -0.1) is 24.0 Å². The molecule has 0 saturated carbocycles. The molecular formula is C17H27IN4O3. The molecule has 0 aromatic heterocycles. The lowest BCUT2D eigenvalue weighted by Crippen LogP contribution is -2.34. The molecular weight excluding hydrogens is 435 g/mol. The Kier molecular flexibility index (Phi) is 9.15. The number of ether oxygens (including phenoxy) is 2. The fourth-order valence-corrected chi connectivity index (χ4v) is 2.61. The van der Waals surface area contributed by atoms with Gasteiger partial charge in [0, 0.05) is 32.5 Å². The van der Waals surface area contributed by atoms with Crippen LogP contribution in [0.25, 0.3) is 0 Å². The molecule has 0 radical (unpaired) electrons. The van der Waals surface area contributed by atoms with Gasteiger partial charge >= 0.3 is 0 Å². The van der Waals surface area contributed by atoms with Crippen LogP contribution >= 0.6 is 24.0 Å². The number of amides is 1. The van der Waals surface area contributed by atoms with Gasteiger partial charge in [0.2, 0.25) is 0 Å². The summed E-state index contributed by atoms with van der Waals surface area (Å²) in [4.78, 5) is 17.8. The number of nitrogens with zero attached hydrogens (tertiary/aromatic N) is 2. The number of hydrogen-bond donors (Lipinski definition) is 2. The predicted molar refractivity (Wildman–Crippen MR) is 109 cm³/mol. The van der Waals surface area contributed by atoms with Gasteiger partial charge in [-0.2, -0.15) is 0 Å². The average molecular weight is 462 g/mol. The molecule has 7 nitrogen and oxygen atoms in total. The first-order valence-corrected chi connectivity index (χ1v) is 8.01. The number of carbonyl (C=O) groups is 1. The molecule has 2 rings (SSSR count). The quantitative estimate of drug-likeness (QED) is 0.383. The lowest BCUT2D eigenvalue weighted by molar-refractivity contribution is -0.140. The van der Waals surface area contributed by atoms with E-state index in [1.807, 2.05) is 24.3 Å². The molecule has 1 saturated heterocycles. The highest BCUT2D eigenvalue weighted by Crippen LogP contribution is 2.21. The number of likely N-dealkylation sites (N-methyl/N-ethyl adjacent to an activating group) is 1. The molecule has 1 heterocycles. The Bertz CT molecular complexity index is 595. The van der Waals surface area contributed by atoms with Crippen molar-refractivity contribution in [3.63, 3.8) is 0 Å². The molecule has 1 aromatic carbocycles. The predicted octanol–water partition coefficient (Wildman–Crippen LogP) is 1.81. The highest BCUT2D eigenvalue weighted by atomic mass is 127. The third-order valence-corrected chi connectivity index (χ3v) is 3.87. The summed E-state index contributed by atoms with van der Waals surface area (Å²) in [7, 11) is 5.12.